The molecule has 3 rings (SSSR count). The third-order valence-corrected chi connectivity index (χ3v) is 7.83. The number of unbranched alkanes of at least 4 members (excludes halogenated alkanes) is 1. The van der Waals surface area contributed by atoms with Crippen LogP contribution in [0.4, 0.5) is 0 Å². The Balaban J connectivity index is 2.16. The monoisotopic (exact) mass is 424 g/mol. The zero-order valence-corrected chi connectivity index (χ0v) is 17.5. The lowest BCUT2D eigenvalue weighted by molar-refractivity contribution is -0.141. The fraction of sp³-hybridized carbons (Fsp3) is 0.333. The first-order valence-corrected chi connectivity index (χ1v) is 11.6. The van der Waals surface area contributed by atoms with E-state index in [0.717, 1.165) is 40.8 Å². The standard InChI is InChI=1S/C18H20N2O4S3/c1-3-4-6-13-8-9-14-15(11-13)26-18(20(14)12-16(21)24-2)19-27(22,23)17-7-5-10-25-17/h5,7-11H,3-4,6,12H2,1-2H3/b19-18-. The van der Waals surface area contributed by atoms with E-state index in [2.05, 4.69) is 11.3 Å². The molecular weight excluding hydrogens is 404 g/mol. The van der Waals surface area contributed by atoms with Gasteiger partial charge in [-0.15, -0.1) is 15.7 Å². The minimum Gasteiger partial charge on any atom is -0.468 e. The van der Waals surface area contributed by atoms with Gasteiger partial charge in [-0.25, -0.2) is 0 Å². The summed E-state index contributed by atoms with van der Waals surface area (Å²) < 4.78 is 36.6. The van der Waals surface area contributed by atoms with Crippen LogP contribution >= 0.6 is 22.7 Å². The maximum atomic E-state index is 12.6. The zero-order valence-electron chi connectivity index (χ0n) is 15.0. The van der Waals surface area contributed by atoms with Crippen LogP contribution in [0.5, 0.6) is 0 Å². The Labute approximate surface area is 165 Å². The van der Waals surface area contributed by atoms with Crippen LogP contribution in [-0.4, -0.2) is 26.1 Å². The summed E-state index contributed by atoms with van der Waals surface area (Å²) in [7, 11) is -2.52. The van der Waals surface area contributed by atoms with Crippen molar-refractivity contribution in [3.05, 3.63) is 46.1 Å². The number of carbonyl (C=O) groups is 1. The van der Waals surface area contributed by atoms with Gasteiger partial charge in [-0.2, -0.15) is 8.42 Å². The number of nitrogens with zero attached hydrogens (tertiary/aromatic N) is 2. The number of esters is 1. The first-order chi connectivity index (χ1) is 12.9. The van der Waals surface area contributed by atoms with E-state index in [1.165, 1.54) is 30.1 Å². The second-order valence-electron chi connectivity index (χ2n) is 5.95. The average Bonchev–Trinajstić information content (AvgIpc) is 3.29. The van der Waals surface area contributed by atoms with Gasteiger partial charge in [0, 0.05) is 0 Å². The highest BCUT2D eigenvalue weighted by molar-refractivity contribution is 7.92. The maximum Gasteiger partial charge on any atom is 0.325 e. The second-order valence-corrected chi connectivity index (χ2v) is 9.74. The number of methoxy groups -OCH3 is 1. The average molecular weight is 425 g/mol. The molecule has 0 radical (unpaired) electrons. The summed E-state index contributed by atoms with van der Waals surface area (Å²) in [4.78, 5) is 12.1. The van der Waals surface area contributed by atoms with Crippen molar-refractivity contribution in [3.63, 3.8) is 0 Å². The predicted molar refractivity (Wildman–Crippen MR) is 108 cm³/mol. The summed E-state index contributed by atoms with van der Waals surface area (Å²) >= 11 is 2.38. The molecule has 2 heterocycles. The number of hydrogen-bond acceptors (Lipinski definition) is 6. The van der Waals surface area contributed by atoms with Gasteiger partial charge in [-0.05, 0) is 42.0 Å². The molecule has 2 aromatic heterocycles. The number of carbonyl (C=O) groups excluding carboxylic acids is 1. The molecule has 0 aliphatic rings. The van der Waals surface area contributed by atoms with Crippen LogP contribution in [0.3, 0.4) is 0 Å². The molecule has 0 bridgehead atoms. The van der Waals surface area contributed by atoms with Crippen molar-refractivity contribution in [1.82, 2.24) is 4.57 Å². The number of aromatic nitrogens is 1. The highest BCUT2D eigenvalue weighted by atomic mass is 32.2. The third kappa shape index (κ3) is 4.48. The first-order valence-electron chi connectivity index (χ1n) is 8.48. The number of hydrogen-bond donors (Lipinski definition) is 0. The molecule has 0 atom stereocenters. The normalized spacial score (nSPS) is 12.6. The van der Waals surface area contributed by atoms with Crippen LogP contribution in [0.25, 0.3) is 10.2 Å². The Kier molecular flexibility index (Phi) is 6.13. The minimum absolute atomic E-state index is 0.0937. The van der Waals surface area contributed by atoms with E-state index in [-0.39, 0.29) is 15.6 Å². The van der Waals surface area contributed by atoms with Crippen molar-refractivity contribution in [3.8, 4) is 0 Å². The number of thiophene rings is 1. The van der Waals surface area contributed by atoms with Gasteiger partial charge >= 0.3 is 5.97 Å². The fourth-order valence-electron chi connectivity index (χ4n) is 2.63. The van der Waals surface area contributed by atoms with E-state index in [9.17, 15) is 13.2 Å². The van der Waals surface area contributed by atoms with Gasteiger partial charge < -0.3 is 9.30 Å². The molecule has 27 heavy (non-hydrogen) atoms. The van der Waals surface area contributed by atoms with Crippen LogP contribution in [0.1, 0.15) is 25.3 Å². The van der Waals surface area contributed by atoms with Crippen molar-refractivity contribution in [1.29, 1.82) is 0 Å². The van der Waals surface area contributed by atoms with Gasteiger partial charge in [0.05, 0.1) is 17.3 Å². The molecule has 0 amide bonds. The topological polar surface area (TPSA) is 77.7 Å². The van der Waals surface area contributed by atoms with Crippen LogP contribution in [-0.2, 0) is 32.5 Å². The number of thiazole rings is 1. The lowest BCUT2D eigenvalue weighted by Crippen LogP contribution is -2.22. The Hall–Kier alpha value is -1.97. The van der Waals surface area contributed by atoms with E-state index < -0.39 is 16.0 Å². The quantitative estimate of drug-likeness (QED) is 0.543. The van der Waals surface area contributed by atoms with Gasteiger partial charge in [-0.3, -0.25) is 4.79 Å². The predicted octanol–water partition coefficient (Wildman–Crippen LogP) is 3.57. The fourth-order valence-corrected chi connectivity index (χ4v) is 5.89. The Morgan fingerprint density at radius 3 is 2.78 bits per heavy atom. The van der Waals surface area contributed by atoms with Crippen molar-refractivity contribution in [2.24, 2.45) is 4.40 Å². The summed E-state index contributed by atoms with van der Waals surface area (Å²) in [5.41, 5.74) is 1.95. The molecule has 1 aromatic carbocycles. The molecule has 0 saturated carbocycles. The molecule has 0 fully saturated rings. The molecule has 0 aliphatic carbocycles. The van der Waals surface area contributed by atoms with Gasteiger partial charge in [0.2, 0.25) is 4.80 Å². The molecule has 0 saturated heterocycles. The van der Waals surface area contributed by atoms with Crippen molar-refractivity contribution in [2.75, 3.05) is 7.11 Å². The van der Waals surface area contributed by atoms with E-state index in [4.69, 9.17) is 4.74 Å². The van der Waals surface area contributed by atoms with E-state index >= 15 is 0 Å². The molecule has 9 heteroatoms. The molecule has 0 spiro atoms. The second kappa shape index (κ2) is 8.37. The Morgan fingerprint density at radius 2 is 2.11 bits per heavy atom. The smallest absolute Gasteiger partial charge is 0.325 e. The molecular formula is C18H20N2O4S3. The summed E-state index contributed by atoms with van der Waals surface area (Å²) in [6.07, 6.45) is 3.15. The van der Waals surface area contributed by atoms with Crippen LogP contribution in [0, 0.1) is 0 Å². The van der Waals surface area contributed by atoms with E-state index in [1.54, 1.807) is 16.0 Å². The number of sulfonamides is 1. The molecule has 144 valence electrons. The number of ether oxygens (including phenoxy) is 1. The molecule has 0 aliphatic heterocycles. The van der Waals surface area contributed by atoms with Crippen molar-refractivity contribution in [2.45, 2.75) is 36.9 Å². The van der Waals surface area contributed by atoms with Crippen molar-refractivity contribution >= 4 is 48.9 Å². The molecule has 6 nitrogen and oxygen atoms in total. The summed E-state index contributed by atoms with van der Waals surface area (Å²) in [5.74, 6) is -0.459. The van der Waals surface area contributed by atoms with Crippen LogP contribution in [0.2, 0.25) is 0 Å². The SMILES string of the molecule is CCCCc1ccc2c(c1)s/c(=N\S(=O)(=O)c1cccs1)n2CC(=O)OC. The van der Waals surface area contributed by atoms with Crippen LogP contribution < -0.4 is 4.80 Å². The van der Waals surface area contributed by atoms with Gasteiger partial charge in [0.1, 0.15) is 10.8 Å². The highest BCUT2D eigenvalue weighted by Gasteiger charge is 2.17. The van der Waals surface area contributed by atoms with Crippen molar-refractivity contribution < 1.29 is 17.9 Å². The van der Waals surface area contributed by atoms with E-state index in [1.807, 2.05) is 18.2 Å². The lowest BCUT2D eigenvalue weighted by Gasteiger charge is -2.05. The largest absolute Gasteiger partial charge is 0.468 e. The maximum absolute atomic E-state index is 12.6. The van der Waals surface area contributed by atoms with Gasteiger partial charge in [-0.1, -0.05) is 36.8 Å². The summed E-state index contributed by atoms with van der Waals surface area (Å²) in [6.45, 7) is 2.05. The van der Waals surface area contributed by atoms with Crippen LogP contribution in [0.15, 0.2) is 44.3 Å². The Morgan fingerprint density at radius 1 is 1.30 bits per heavy atom. The van der Waals surface area contributed by atoms with E-state index in [0.29, 0.717) is 0 Å². The Bertz CT molecular complexity index is 1110. The molecule has 3 aromatic rings. The molecule has 0 N–H and O–H groups in total. The number of benzene rings is 1. The molecule has 0 unspecified atom stereocenters. The lowest BCUT2D eigenvalue weighted by atomic mass is 10.1. The van der Waals surface area contributed by atoms with Gasteiger partial charge in [0.25, 0.3) is 10.0 Å². The summed E-state index contributed by atoms with van der Waals surface area (Å²) in [5, 5.41) is 1.69. The number of fused-ring (bicyclic) bond motifs is 1. The van der Waals surface area contributed by atoms with Gasteiger partial charge in [0.15, 0.2) is 0 Å². The third-order valence-electron chi connectivity index (χ3n) is 4.03. The summed E-state index contributed by atoms with van der Waals surface area (Å²) in [6, 6.07) is 9.15. The minimum atomic E-state index is -3.83. The highest BCUT2D eigenvalue weighted by Crippen LogP contribution is 2.22. The zero-order chi connectivity index (χ0) is 19.4. The number of aryl methyl sites for hydroxylation is 1. The first kappa shape index (κ1) is 19.8. The number of rotatable bonds is 7.